The van der Waals surface area contributed by atoms with Gasteiger partial charge in [-0.05, 0) is 31.6 Å². The minimum absolute atomic E-state index is 0.0606. The van der Waals surface area contributed by atoms with E-state index in [2.05, 4.69) is 12.2 Å². The molecular weight excluding hydrogens is 204 g/mol. The normalized spacial score (nSPS) is 32.1. The molecule has 0 aliphatic heterocycles. The molecule has 0 bridgehead atoms. The zero-order valence-corrected chi connectivity index (χ0v) is 10.3. The lowest BCUT2D eigenvalue weighted by molar-refractivity contribution is -0.126. The maximum Gasteiger partial charge on any atom is 0.224 e. The Morgan fingerprint density at radius 2 is 2.12 bits per heavy atom. The van der Waals surface area contributed by atoms with Crippen LogP contribution in [-0.2, 0) is 4.79 Å². The molecule has 1 aliphatic carbocycles. The number of hydrogen-bond donors (Lipinski definition) is 3. The Kier molecular flexibility index (Phi) is 4.74. The van der Waals surface area contributed by atoms with Gasteiger partial charge in [-0.3, -0.25) is 4.79 Å². The van der Waals surface area contributed by atoms with Crippen LogP contribution in [0.3, 0.4) is 0 Å². The van der Waals surface area contributed by atoms with Gasteiger partial charge in [-0.15, -0.1) is 0 Å². The zero-order chi connectivity index (χ0) is 12.2. The second kappa shape index (κ2) is 5.64. The number of rotatable bonds is 4. The molecule has 4 N–H and O–H groups in total. The minimum atomic E-state index is -0.698. The van der Waals surface area contributed by atoms with Crippen molar-refractivity contribution >= 4 is 5.91 Å². The predicted molar refractivity (Wildman–Crippen MR) is 63.8 cm³/mol. The van der Waals surface area contributed by atoms with E-state index >= 15 is 0 Å². The summed E-state index contributed by atoms with van der Waals surface area (Å²) in [6, 6.07) is 0. The van der Waals surface area contributed by atoms with Gasteiger partial charge in [-0.1, -0.05) is 13.8 Å². The molecule has 4 heteroatoms. The standard InChI is InChI=1S/C12H24N2O2/c1-9-3-5-12(16,6-4-9)8-14-11(15)10(2)7-13/h9-10,16H,3-8,13H2,1-2H3,(H,14,15). The maximum absolute atomic E-state index is 11.5. The Bertz CT molecular complexity index is 235. The number of carbonyl (C=O) groups is 1. The lowest BCUT2D eigenvalue weighted by Crippen LogP contribution is -2.47. The summed E-state index contributed by atoms with van der Waals surface area (Å²) >= 11 is 0. The van der Waals surface area contributed by atoms with Crippen molar-refractivity contribution in [1.82, 2.24) is 5.32 Å². The fraction of sp³-hybridized carbons (Fsp3) is 0.917. The molecule has 0 aromatic rings. The van der Waals surface area contributed by atoms with Gasteiger partial charge in [0.05, 0.1) is 5.60 Å². The molecular formula is C12H24N2O2. The van der Waals surface area contributed by atoms with Crippen molar-refractivity contribution in [2.45, 2.75) is 45.1 Å². The molecule has 0 saturated heterocycles. The van der Waals surface area contributed by atoms with Gasteiger partial charge < -0.3 is 16.2 Å². The van der Waals surface area contributed by atoms with E-state index < -0.39 is 5.60 Å². The average Bonchev–Trinajstić information content (AvgIpc) is 2.29. The van der Waals surface area contributed by atoms with Gasteiger partial charge in [0.15, 0.2) is 0 Å². The Labute approximate surface area is 97.6 Å². The van der Waals surface area contributed by atoms with Gasteiger partial charge >= 0.3 is 0 Å². The molecule has 1 unspecified atom stereocenters. The molecule has 0 spiro atoms. The van der Waals surface area contributed by atoms with Gasteiger partial charge in [0.25, 0.3) is 0 Å². The van der Waals surface area contributed by atoms with E-state index in [-0.39, 0.29) is 11.8 Å². The molecule has 1 atom stereocenters. The summed E-state index contributed by atoms with van der Waals surface area (Å²) in [4.78, 5) is 11.5. The Hall–Kier alpha value is -0.610. The lowest BCUT2D eigenvalue weighted by atomic mass is 9.79. The third kappa shape index (κ3) is 3.76. The molecule has 0 aromatic carbocycles. The van der Waals surface area contributed by atoms with Crippen LogP contribution in [0.5, 0.6) is 0 Å². The highest BCUT2D eigenvalue weighted by Crippen LogP contribution is 2.31. The molecule has 16 heavy (non-hydrogen) atoms. The first-order chi connectivity index (χ1) is 7.47. The smallest absolute Gasteiger partial charge is 0.224 e. The third-order valence-electron chi connectivity index (χ3n) is 3.60. The van der Waals surface area contributed by atoms with Gasteiger partial charge in [0.2, 0.25) is 5.91 Å². The number of amides is 1. The van der Waals surface area contributed by atoms with Crippen molar-refractivity contribution < 1.29 is 9.90 Å². The molecule has 0 aromatic heterocycles. The van der Waals surface area contributed by atoms with E-state index in [1.54, 1.807) is 6.92 Å². The van der Waals surface area contributed by atoms with Gasteiger partial charge in [0.1, 0.15) is 0 Å². The van der Waals surface area contributed by atoms with Gasteiger partial charge in [-0.25, -0.2) is 0 Å². The summed E-state index contributed by atoms with van der Waals surface area (Å²) in [6.45, 7) is 4.71. The fourth-order valence-corrected chi connectivity index (χ4v) is 2.01. The van der Waals surface area contributed by atoms with Crippen molar-refractivity contribution in [3.05, 3.63) is 0 Å². The quantitative estimate of drug-likeness (QED) is 0.661. The Morgan fingerprint density at radius 1 is 1.56 bits per heavy atom. The van der Waals surface area contributed by atoms with Crippen LogP contribution in [-0.4, -0.2) is 29.7 Å². The molecule has 0 heterocycles. The highest BCUT2D eigenvalue weighted by atomic mass is 16.3. The first-order valence-corrected chi connectivity index (χ1v) is 6.17. The van der Waals surface area contributed by atoms with Crippen molar-refractivity contribution in [1.29, 1.82) is 0 Å². The first-order valence-electron chi connectivity index (χ1n) is 6.17. The summed E-state index contributed by atoms with van der Waals surface area (Å²) in [6.07, 6.45) is 3.65. The van der Waals surface area contributed by atoms with Crippen molar-refractivity contribution in [2.24, 2.45) is 17.6 Å². The van der Waals surface area contributed by atoms with Crippen molar-refractivity contribution in [3.8, 4) is 0 Å². The van der Waals surface area contributed by atoms with Crippen LogP contribution in [0, 0.1) is 11.8 Å². The molecule has 1 aliphatic rings. The van der Waals surface area contributed by atoms with Crippen molar-refractivity contribution in [3.63, 3.8) is 0 Å². The molecule has 1 saturated carbocycles. The second-order valence-corrected chi connectivity index (χ2v) is 5.26. The highest BCUT2D eigenvalue weighted by molar-refractivity contribution is 5.78. The first kappa shape index (κ1) is 13.5. The Morgan fingerprint density at radius 3 is 2.62 bits per heavy atom. The second-order valence-electron chi connectivity index (χ2n) is 5.26. The molecule has 1 rings (SSSR count). The summed E-state index contributed by atoms with van der Waals surface area (Å²) < 4.78 is 0. The summed E-state index contributed by atoms with van der Waals surface area (Å²) in [7, 11) is 0. The van der Waals surface area contributed by atoms with Crippen molar-refractivity contribution in [2.75, 3.05) is 13.1 Å². The van der Waals surface area contributed by atoms with Crippen LogP contribution in [0.4, 0.5) is 0 Å². The van der Waals surface area contributed by atoms with E-state index in [0.717, 1.165) is 25.7 Å². The van der Waals surface area contributed by atoms with Crippen LogP contribution in [0.2, 0.25) is 0 Å². The SMILES string of the molecule is CC1CCC(O)(CNC(=O)C(C)CN)CC1. The minimum Gasteiger partial charge on any atom is -0.388 e. The molecule has 1 amide bonds. The van der Waals surface area contributed by atoms with E-state index in [0.29, 0.717) is 19.0 Å². The third-order valence-corrected chi connectivity index (χ3v) is 3.60. The molecule has 4 nitrogen and oxygen atoms in total. The molecule has 94 valence electrons. The topological polar surface area (TPSA) is 75.3 Å². The zero-order valence-electron chi connectivity index (χ0n) is 10.3. The van der Waals surface area contributed by atoms with Crippen LogP contribution >= 0.6 is 0 Å². The monoisotopic (exact) mass is 228 g/mol. The fourth-order valence-electron chi connectivity index (χ4n) is 2.01. The largest absolute Gasteiger partial charge is 0.388 e. The highest BCUT2D eigenvalue weighted by Gasteiger charge is 2.32. The number of aliphatic hydroxyl groups is 1. The van der Waals surface area contributed by atoms with E-state index in [1.807, 2.05) is 0 Å². The van der Waals surface area contributed by atoms with E-state index in [9.17, 15) is 9.90 Å². The predicted octanol–water partition coefficient (Wildman–Crippen LogP) is 0.639. The number of carbonyl (C=O) groups excluding carboxylic acids is 1. The summed E-state index contributed by atoms with van der Waals surface area (Å²) in [5.74, 6) is 0.458. The van der Waals surface area contributed by atoms with Crippen LogP contribution in [0.25, 0.3) is 0 Å². The van der Waals surface area contributed by atoms with Crippen LogP contribution in [0.15, 0.2) is 0 Å². The molecule has 0 radical (unpaired) electrons. The lowest BCUT2D eigenvalue weighted by Gasteiger charge is -2.35. The average molecular weight is 228 g/mol. The van der Waals surface area contributed by atoms with Gasteiger partial charge in [-0.2, -0.15) is 0 Å². The van der Waals surface area contributed by atoms with Gasteiger partial charge in [0, 0.05) is 19.0 Å². The van der Waals surface area contributed by atoms with E-state index in [1.165, 1.54) is 0 Å². The Balaban J connectivity index is 2.34. The van der Waals surface area contributed by atoms with Crippen LogP contribution < -0.4 is 11.1 Å². The maximum atomic E-state index is 11.5. The number of nitrogens with two attached hydrogens (primary N) is 1. The summed E-state index contributed by atoms with van der Waals surface area (Å²) in [5.41, 5.74) is 4.71. The van der Waals surface area contributed by atoms with E-state index in [4.69, 9.17) is 5.73 Å². The molecule has 1 fully saturated rings. The summed E-state index contributed by atoms with van der Waals surface area (Å²) in [5, 5.41) is 13.0. The number of hydrogen-bond acceptors (Lipinski definition) is 3. The van der Waals surface area contributed by atoms with Crippen LogP contribution in [0.1, 0.15) is 39.5 Å². The number of nitrogens with one attached hydrogen (secondary N) is 1.